The number of anilines is 3. The normalized spacial score (nSPS) is 14.9. The molecule has 0 bridgehead atoms. The van der Waals surface area contributed by atoms with E-state index in [4.69, 9.17) is 21.7 Å². The third kappa shape index (κ3) is 5.47. The first kappa shape index (κ1) is 28.5. The highest BCUT2D eigenvalue weighted by Crippen LogP contribution is 2.33. The van der Waals surface area contributed by atoms with E-state index in [9.17, 15) is 31.5 Å². The molecule has 0 spiro atoms. The summed E-state index contributed by atoms with van der Waals surface area (Å²) in [6.07, 6.45) is -0.610. The standard InChI is InChI=1S/C26H21F5N4O4S/c1-3-39-16-8-4-13(5-9-16)32-18(36)12-17-25(37)34(14-6-10-15(38-2)11-7-14)26(40)35(17)33-24-22(30)20(28)19(27)21(29)23(24)31/h4-11,17,33H,3,12H2,1-2H3,(H,32,36). The van der Waals surface area contributed by atoms with Gasteiger partial charge in [-0.2, -0.15) is 0 Å². The van der Waals surface area contributed by atoms with Gasteiger partial charge in [0.05, 0.1) is 25.8 Å². The molecule has 2 N–H and O–H groups in total. The predicted octanol–water partition coefficient (Wildman–Crippen LogP) is 5.15. The highest BCUT2D eigenvalue weighted by Gasteiger charge is 2.45. The molecule has 1 aliphatic rings. The summed E-state index contributed by atoms with van der Waals surface area (Å²) in [6, 6.07) is 10.7. The first-order chi connectivity index (χ1) is 19.1. The fourth-order valence-electron chi connectivity index (χ4n) is 3.88. The van der Waals surface area contributed by atoms with Crippen LogP contribution in [0.25, 0.3) is 0 Å². The van der Waals surface area contributed by atoms with Gasteiger partial charge in [-0.05, 0) is 67.7 Å². The Labute approximate surface area is 230 Å². The summed E-state index contributed by atoms with van der Waals surface area (Å²) in [6.45, 7) is 2.24. The molecule has 1 heterocycles. The summed E-state index contributed by atoms with van der Waals surface area (Å²) in [4.78, 5) is 27.3. The molecule has 40 heavy (non-hydrogen) atoms. The van der Waals surface area contributed by atoms with Crippen molar-refractivity contribution in [2.45, 2.75) is 19.4 Å². The van der Waals surface area contributed by atoms with E-state index in [0.717, 1.165) is 4.90 Å². The van der Waals surface area contributed by atoms with E-state index in [1.54, 1.807) is 31.2 Å². The SMILES string of the molecule is CCOc1ccc(NC(=O)CC2C(=O)N(c3ccc(OC)cc3)C(=S)N2Nc2c(F)c(F)c(F)c(F)c2F)cc1. The lowest BCUT2D eigenvalue weighted by Gasteiger charge is -2.26. The molecular formula is C26H21F5N4O4S. The second kappa shape index (κ2) is 11.7. The Morgan fingerprint density at radius 1 is 0.900 bits per heavy atom. The highest BCUT2D eigenvalue weighted by atomic mass is 32.1. The van der Waals surface area contributed by atoms with Crippen LogP contribution < -0.4 is 25.1 Å². The summed E-state index contributed by atoms with van der Waals surface area (Å²) in [7, 11) is 1.43. The van der Waals surface area contributed by atoms with E-state index in [2.05, 4.69) is 5.32 Å². The molecule has 1 unspecified atom stereocenters. The second-order valence-electron chi connectivity index (χ2n) is 8.31. The van der Waals surface area contributed by atoms with Gasteiger partial charge in [0, 0.05) is 5.69 Å². The number of amides is 2. The molecule has 0 aliphatic carbocycles. The zero-order valence-electron chi connectivity index (χ0n) is 20.9. The van der Waals surface area contributed by atoms with Crippen molar-refractivity contribution in [2.75, 3.05) is 29.4 Å². The van der Waals surface area contributed by atoms with Gasteiger partial charge in [-0.15, -0.1) is 0 Å². The molecule has 3 aromatic carbocycles. The topological polar surface area (TPSA) is 83.1 Å². The molecule has 2 amide bonds. The fraction of sp³-hybridized carbons (Fsp3) is 0.192. The highest BCUT2D eigenvalue weighted by molar-refractivity contribution is 7.80. The Kier molecular flexibility index (Phi) is 8.38. The van der Waals surface area contributed by atoms with Crippen LogP contribution in [0.15, 0.2) is 48.5 Å². The van der Waals surface area contributed by atoms with Gasteiger partial charge in [0.15, 0.2) is 23.3 Å². The smallest absolute Gasteiger partial charge is 0.258 e. The fourth-order valence-corrected chi connectivity index (χ4v) is 4.25. The van der Waals surface area contributed by atoms with Gasteiger partial charge < -0.3 is 14.8 Å². The van der Waals surface area contributed by atoms with Crippen LogP contribution in [-0.4, -0.2) is 41.7 Å². The molecule has 4 rings (SSSR count). The lowest BCUT2D eigenvalue weighted by molar-refractivity contribution is -0.124. The largest absolute Gasteiger partial charge is 0.497 e. The maximum absolute atomic E-state index is 14.5. The van der Waals surface area contributed by atoms with E-state index < -0.39 is 64.2 Å². The minimum absolute atomic E-state index is 0.203. The number of carbonyl (C=O) groups is 2. The summed E-state index contributed by atoms with van der Waals surface area (Å²) in [5.74, 6) is -11.6. The first-order valence-electron chi connectivity index (χ1n) is 11.7. The van der Waals surface area contributed by atoms with E-state index in [-0.39, 0.29) is 5.69 Å². The van der Waals surface area contributed by atoms with Crippen LogP contribution >= 0.6 is 12.2 Å². The number of hydrazine groups is 1. The van der Waals surface area contributed by atoms with Crippen LogP contribution in [0.4, 0.5) is 39.0 Å². The molecule has 0 saturated carbocycles. The third-order valence-corrected chi connectivity index (χ3v) is 6.19. The van der Waals surface area contributed by atoms with Crippen molar-refractivity contribution < 1.29 is 41.0 Å². The van der Waals surface area contributed by atoms with Gasteiger partial charge in [-0.25, -0.2) is 27.0 Å². The van der Waals surface area contributed by atoms with Gasteiger partial charge in [0.1, 0.15) is 23.2 Å². The van der Waals surface area contributed by atoms with Crippen molar-refractivity contribution >= 4 is 46.2 Å². The Bertz CT molecular complexity index is 1430. The quantitative estimate of drug-likeness (QED) is 0.157. The maximum Gasteiger partial charge on any atom is 0.258 e. The number of nitrogens with one attached hydrogen (secondary N) is 2. The lowest BCUT2D eigenvalue weighted by atomic mass is 10.1. The second-order valence-corrected chi connectivity index (χ2v) is 8.67. The van der Waals surface area contributed by atoms with Crippen LogP contribution in [0.1, 0.15) is 13.3 Å². The molecule has 210 valence electrons. The Morgan fingerprint density at radius 3 is 2.00 bits per heavy atom. The predicted molar refractivity (Wildman–Crippen MR) is 139 cm³/mol. The Morgan fingerprint density at radius 2 is 1.45 bits per heavy atom. The number of carbonyl (C=O) groups excluding carboxylic acids is 2. The molecule has 0 radical (unpaired) electrons. The van der Waals surface area contributed by atoms with Gasteiger partial charge in [0.2, 0.25) is 16.8 Å². The van der Waals surface area contributed by atoms with Crippen molar-refractivity contribution in [3.63, 3.8) is 0 Å². The monoisotopic (exact) mass is 580 g/mol. The number of methoxy groups -OCH3 is 1. The van der Waals surface area contributed by atoms with Gasteiger partial charge in [-0.3, -0.25) is 19.9 Å². The van der Waals surface area contributed by atoms with Crippen molar-refractivity contribution in [2.24, 2.45) is 0 Å². The van der Waals surface area contributed by atoms with Gasteiger partial charge >= 0.3 is 0 Å². The summed E-state index contributed by atoms with van der Waals surface area (Å²) >= 11 is 5.34. The number of thiocarbonyl (C=S) groups is 1. The van der Waals surface area contributed by atoms with Crippen molar-refractivity contribution in [3.05, 3.63) is 77.6 Å². The Hall–Kier alpha value is -4.46. The van der Waals surface area contributed by atoms with Gasteiger partial charge in [-0.1, -0.05) is 0 Å². The molecule has 1 aliphatic heterocycles. The van der Waals surface area contributed by atoms with E-state index in [1.807, 2.05) is 5.43 Å². The molecule has 0 aromatic heterocycles. The molecular weight excluding hydrogens is 559 g/mol. The number of hydrogen-bond acceptors (Lipinski definition) is 6. The average molecular weight is 581 g/mol. The zero-order chi connectivity index (χ0) is 29.1. The maximum atomic E-state index is 14.5. The number of benzene rings is 3. The van der Waals surface area contributed by atoms with Crippen molar-refractivity contribution in [1.82, 2.24) is 5.01 Å². The summed E-state index contributed by atoms with van der Waals surface area (Å²) < 4.78 is 80.8. The molecule has 1 saturated heterocycles. The Balaban J connectivity index is 1.66. The summed E-state index contributed by atoms with van der Waals surface area (Å²) in [5, 5.41) is 2.88. The van der Waals surface area contributed by atoms with E-state index in [0.29, 0.717) is 28.8 Å². The molecule has 1 atom stereocenters. The number of ether oxygens (including phenoxy) is 2. The zero-order valence-corrected chi connectivity index (χ0v) is 21.8. The molecule has 14 heteroatoms. The molecule has 8 nitrogen and oxygen atoms in total. The number of halogens is 5. The van der Waals surface area contributed by atoms with Crippen LogP contribution in [-0.2, 0) is 9.59 Å². The van der Waals surface area contributed by atoms with Crippen LogP contribution in [0.5, 0.6) is 11.5 Å². The summed E-state index contributed by atoms with van der Waals surface area (Å²) in [5.41, 5.74) is 1.15. The number of nitrogens with zero attached hydrogens (tertiary/aromatic N) is 2. The molecule has 3 aromatic rings. The lowest BCUT2D eigenvalue weighted by Crippen LogP contribution is -2.42. The van der Waals surface area contributed by atoms with E-state index in [1.165, 1.54) is 31.4 Å². The first-order valence-corrected chi connectivity index (χ1v) is 12.1. The van der Waals surface area contributed by atoms with Gasteiger partial charge in [0.25, 0.3) is 5.91 Å². The van der Waals surface area contributed by atoms with Crippen LogP contribution in [0.2, 0.25) is 0 Å². The van der Waals surface area contributed by atoms with Crippen molar-refractivity contribution in [3.8, 4) is 11.5 Å². The number of rotatable bonds is 9. The third-order valence-electron chi connectivity index (χ3n) is 5.81. The van der Waals surface area contributed by atoms with E-state index >= 15 is 0 Å². The number of hydrogen-bond donors (Lipinski definition) is 2. The molecule has 1 fully saturated rings. The minimum atomic E-state index is -2.35. The van der Waals surface area contributed by atoms with Crippen LogP contribution in [0, 0.1) is 29.1 Å². The van der Waals surface area contributed by atoms with Crippen molar-refractivity contribution in [1.29, 1.82) is 0 Å². The minimum Gasteiger partial charge on any atom is -0.497 e. The average Bonchev–Trinajstić information content (AvgIpc) is 3.18. The van der Waals surface area contributed by atoms with Crippen LogP contribution in [0.3, 0.4) is 0 Å².